The number of hydrogen-bond donors (Lipinski definition) is 1. The molecule has 2 aromatic carbocycles. The zero-order chi connectivity index (χ0) is 17.5. The van der Waals surface area contributed by atoms with E-state index < -0.39 is 5.97 Å². The first kappa shape index (κ1) is 18.1. The summed E-state index contributed by atoms with van der Waals surface area (Å²) >= 11 is 1.54. The number of hydrogen-bond acceptors (Lipinski definition) is 4. The van der Waals surface area contributed by atoms with Crippen LogP contribution in [0.15, 0.2) is 53.4 Å². The van der Waals surface area contributed by atoms with Crippen LogP contribution in [0.5, 0.6) is 0 Å². The van der Waals surface area contributed by atoms with Gasteiger partial charge in [0.15, 0.2) is 6.61 Å². The van der Waals surface area contributed by atoms with Crippen molar-refractivity contribution in [3.8, 4) is 0 Å². The van der Waals surface area contributed by atoms with Gasteiger partial charge in [-0.2, -0.15) is 0 Å². The lowest BCUT2D eigenvalue weighted by molar-refractivity contribution is -0.119. The minimum absolute atomic E-state index is 0.312. The van der Waals surface area contributed by atoms with Gasteiger partial charge in [-0.15, -0.1) is 11.8 Å². The van der Waals surface area contributed by atoms with Gasteiger partial charge in [0.1, 0.15) is 0 Å². The number of carbonyl (C=O) groups excluding carboxylic acids is 2. The normalized spacial score (nSPS) is 10.5. The first-order valence-electron chi connectivity index (χ1n) is 7.71. The summed E-state index contributed by atoms with van der Waals surface area (Å²) in [6, 6.07) is 14.7. The second-order valence-electron chi connectivity index (χ2n) is 5.60. The molecule has 0 aliphatic rings. The highest BCUT2D eigenvalue weighted by molar-refractivity contribution is 7.98. The zero-order valence-corrected chi connectivity index (χ0v) is 14.9. The molecule has 0 aromatic heterocycles. The lowest BCUT2D eigenvalue weighted by atomic mass is 10.0. The van der Waals surface area contributed by atoms with E-state index in [4.69, 9.17) is 4.74 Å². The Morgan fingerprint density at radius 2 is 1.75 bits per heavy atom. The predicted octanol–water partition coefficient (Wildman–Crippen LogP) is 4.33. The molecule has 0 heterocycles. The van der Waals surface area contributed by atoms with Crippen LogP contribution in [0.4, 0.5) is 5.69 Å². The Morgan fingerprint density at radius 1 is 1.08 bits per heavy atom. The third-order valence-electron chi connectivity index (χ3n) is 3.53. The standard InChI is InChI=1S/C19H21NO3S/c1-13(2)14-8-10-15(11-9-14)19(22)23-12-18(21)20-16-6-4-5-7-17(16)24-3/h4-11,13H,12H2,1-3H3,(H,20,21). The molecular formula is C19H21NO3S. The van der Waals surface area contributed by atoms with Crippen LogP contribution in [0.2, 0.25) is 0 Å². The summed E-state index contributed by atoms with van der Waals surface area (Å²) < 4.78 is 5.08. The highest BCUT2D eigenvalue weighted by Gasteiger charge is 2.12. The molecule has 0 aliphatic carbocycles. The van der Waals surface area contributed by atoms with Crippen LogP contribution in [0.3, 0.4) is 0 Å². The van der Waals surface area contributed by atoms with E-state index >= 15 is 0 Å². The van der Waals surface area contributed by atoms with Gasteiger partial charge in [-0.3, -0.25) is 4.79 Å². The fourth-order valence-electron chi connectivity index (χ4n) is 2.15. The molecule has 0 aliphatic heterocycles. The second kappa shape index (κ2) is 8.55. The van der Waals surface area contributed by atoms with Crippen LogP contribution in [-0.2, 0) is 9.53 Å². The molecular weight excluding hydrogens is 322 g/mol. The maximum absolute atomic E-state index is 12.0. The molecule has 0 saturated heterocycles. The summed E-state index contributed by atoms with van der Waals surface area (Å²) in [5.74, 6) is -0.459. The van der Waals surface area contributed by atoms with Crippen molar-refractivity contribution in [2.75, 3.05) is 18.2 Å². The van der Waals surface area contributed by atoms with Gasteiger partial charge < -0.3 is 10.1 Å². The average molecular weight is 343 g/mol. The quantitative estimate of drug-likeness (QED) is 0.627. The van der Waals surface area contributed by atoms with Gasteiger partial charge in [0.25, 0.3) is 5.91 Å². The number of ether oxygens (including phenoxy) is 1. The van der Waals surface area contributed by atoms with Gasteiger partial charge in [-0.25, -0.2) is 4.79 Å². The van der Waals surface area contributed by atoms with Crippen molar-refractivity contribution >= 4 is 29.3 Å². The van der Waals surface area contributed by atoms with Crippen molar-refractivity contribution in [3.63, 3.8) is 0 Å². The van der Waals surface area contributed by atoms with E-state index in [1.165, 1.54) is 11.8 Å². The van der Waals surface area contributed by atoms with Crippen LogP contribution < -0.4 is 5.32 Å². The number of thioether (sulfide) groups is 1. The van der Waals surface area contributed by atoms with E-state index in [1.54, 1.807) is 12.1 Å². The van der Waals surface area contributed by atoms with Crippen LogP contribution in [0.1, 0.15) is 35.7 Å². The zero-order valence-electron chi connectivity index (χ0n) is 14.0. The summed E-state index contributed by atoms with van der Waals surface area (Å²) in [7, 11) is 0. The Morgan fingerprint density at radius 3 is 2.38 bits per heavy atom. The van der Waals surface area contributed by atoms with Crippen LogP contribution in [0.25, 0.3) is 0 Å². The van der Waals surface area contributed by atoms with Crippen LogP contribution >= 0.6 is 11.8 Å². The third-order valence-corrected chi connectivity index (χ3v) is 4.32. The summed E-state index contributed by atoms with van der Waals surface area (Å²) in [5, 5.41) is 2.76. The molecule has 1 amide bonds. The molecule has 5 heteroatoms. The van der Waals surface area contributed by atoms with Crippen LogP contribution in [0, 0.1) is 0 Å². The van der Waals surface area contributed by atoms with Gasteiger partial charge in [-0.05, 0) is 42.0 Å². The van der Waals surface area contributed by atoms with Crippen molar-refractivity contribution in [1.29, 1.82) is 0 Å². The van der Waals surface area contributed by atoms with Crippen molar-refractivity contribution in [1.82, 2.24) is 0 Å². The molecule has 0 bridgehead atoms. The summed E-state index contributed by atoms with van der Waals surface area (Å²) in [4.78, 5) is 24.9. The van der Waals surface area contributed by atoms with Gasteiger partial charge in [0.05, 0.1) is 11.3 Å². The minimum atomic E-state index is -0.501. The van der Waals surface area contributed by atoms with E-state index in [9.17, 15) is 9.59 Å². The highest BCUT2D eigenvalue weighted by atomic mass is 32.2. The molecule has 24 heavy (non-hydrogen) atoms. The van der Waals surface area contributed by atoms with E-state index in [0.29, 0.717) is 17.2 Å². The molecule has 2 rings (SSSR count). The SMILES string of the molecule is CSc1ccccc1NC(=O)COC(=O)c1ccc(C(C)C)cc1. The number of esters is 1. The third kappa shape index (κ3) is 4.86. The molecule has 0 atom stereocenters. The predicted molar refractivity (Wildman–Crippen MR) is 97.7 cm³/mol. The molecule has 0 fully saturated rings. The lowest BCUT2D eigenvalue weighted by Crippen LogP contribution is -2.21. The van der Waals surface area contributed by atoms with Gasteiger partial charge in [0.2, 0.25) is 0 Å². The molecule has 1 N–H and O–H groups in total. The first-order chi connectivity index (χ1) is 11.5. The maximum atomic E-state index is 12.0. The summed E-state index contributed by atoms with van der Waals surface area (Å²) in [6.07, 6.45) is 1.94. The second-order valence-corrected chi connectivity index (χ2v) is 6.45. The fourth-order valence-corrected chi connectivity index (χ4v) is 2.71. The molecule has 0 unspecified atom stereocenters. The molecule has 0 radical (unpaired) electrons. The van der Waals surface area contributed by atoms with Crippen molar-refractivity contribution in [3.05, 3.63) is 59.7 Å². The smallest absolute Gasteiger partial charge is 0.338 e. The Kier molecular flexibility index (Phi) is 6.44. The van der Waals surface area contributed by atoms with E-state index in [1.807, 2.05) is 42.7 Å². The Labute approximate surface area is 146 Å². The highest BCUT2D eigenvalue weighted by Crippen LogP contribution is 2.24. The molecule has 126 valence electrons. The van der Waals surface area contributed by atoms with Crippen molar-refractivity contribution in [2.24, 2.45) is 0 Å². The lowest BCUT2D eigenvalue weighted by Gasteiger charge is -2.10. The van der Waals surface area contributed by atoms with E-state index in [2.05, 4.69) is 19.2 Å². The van der Waals surface area contributed by atoms with Crippen LogP contribution in [-0.4, -0.2) is 24.7 Å². The van der Waals surface area contributed by atoms with E-state index in [-0.39, 0.29) is 12.5 Å². The largest absolute Gasteiger partial charge is 0.452 e. The van der Waals surface area contributed by atoms with Crippen molar-refractivity contribution in [2.45, 2.75) is 24.7 Å². The Balaban J connectivity index is 1.90. The first-order valence-corrected chi connectivity index (χ1v) is 8.93. The topological polar surface area (TPSA) is 55.4 Å². The summed E-state index contributed by atoms with van der Waals surface area (Å²) in [5.41, 5.74) is 2.31. The monoisotopic (exact) mass is 343 g/mol. The number of para-hydroxylation sites is 1. The van der Waals surface area contributed by atoms with Crippen molar-refractivity contribution < 1.29 is 14.3 Å². The number of carbonyl (C=O) groups is 2. The Hall–Kier alpha value is -2.27. The average Bonchev–Trinajstić information content (AvgIpc) is 2.60. The summed E-state index contributed by atoms with van der Waals surface area (Å²) in [6.45, 7) is 3.86. The maximum Gasteiger partial charge on any atom is 0.338 e. The van der Waals surface area contributed by atoms with Gasteiger partial charge in [0, 0.05) is 4.90 Å². The Bertz CT molecular complexity index is 711. The molecule has 0 spiro atoms. The number of amides is 1. The van der Waals surface area contributed by atoms with Gasteiger partial charge in [-0.1, -0.05) is 38.1 Å². The number of rotatable bonds is 6. The van der Waals surface area contributed by atoms with E-state index in [0.717, 1.165) is 10.5 Å². The molecule has 0 saturated carbocycles. The minimum Gasteiger partial charge on any atom is -0.452 e. The number of anilines is 1. The number of benzene rings is 2. The fraction of sp³-hybridized carbons (Fsp3) is 0.263. The molecule has 2 aromatic rings. The number of nitrogens with one attached hydrogen (secondary N) is 1. The van der Waals surface area contributed by atoms with Gasteiger partial charge >= 0.3 is 5.97 Å². The molecule has 4 nitrogen and oxygen atoms in total.